The number of carbonyl (C=O) groups excluding carboxylic acids is 1. The SMILES string of the molecule is CC[C@H](C)[C@H](Nc1c(N(C)O)c(=S)c1=O)C(=O)OC. The third-order valence-electron chi connectivity index (χ3n) is 3.18. The van der Waals surface area contributed by atoms with Crippen molar-refractivity contribution in [3.8, 4) is 0 Å². The summed E-state index contributed by atoms with van der Waals surface area (Å²) < 4.78 is 4.77. The van der Waals surface area contributed by atoms with Gasteiger partial charge in [-0.15, -0.1) is 0 Å². The van der Waals surface area contributed by atoms with Gasteiger partial charge >= 0.3 is 5.97 Å². The number of hydrogen-bond donors (Lipinski definition) is 2. The Hall–Kier alpha value is -1.47. The number of nitrogens with zero attached hydrogens (tertiary/aromatic N) is 1. The van der Waals surface area contributed by atoms with Crippen LogP contribution in [0.2, 0.25) is 0 Å². The van der Waals surface area contributed by atoms with Crippen molar-refractivity contribution >= 4 is 29.6 Å². The van der Waals surface area contributed by atoms with Gasteiger partial charge in [-0.05, 0) is 5.92 Å². The van der Waals surface area contributed by atoms with Gasteiger partial charge in [0.1, 0.15) is 21.9 Å². The Morgan fingerprint density at radius 3 is 2.58 bits per heavy atom. The molecule has 0 heterocycles. The molecule has 0 saturated carbocycles. The molecule has 2 N–H and O–H groups in total. The van der Waals surface area contributed by atoms with Crippen molar-refractivity contribution in [2.75, 3.05) is 24.5 Å². The molecule has 0 spiro atoms. The molecular weight excluding hydrogens is 268 g/mol. The van der Waals surface area contributed by atoms with Crippen LogP contribution in [0.4, 0.5) is 11.4 Å². The monoisotopic (exact) mass is 286 g/mol. The maximum absolute atomic E-state index is 11.7. The minimum absolute atomic E-state index is 0.0211. The Kier molecular flexibility index (Phi) is 5.02. The molecule has 0 aliphatic rings. The fourth-order valence-electron chi connectivity index (χ4n) is 1.77. The van der Waals surface area contributed by atoms with E-state index in [9.17, 15) is 14.8 Å². The molecule has 2 atom stereocenters. The maximum Gasteiger partial charge on any atom is 0.328 e. The number of carbonyl (C=O) groups is 1. The number of hydrogen-bond acceptors (Lipinski definition) is 7. The van der Waals surface area contributed by atoms with Crippen molar-refractivity contribution < 1.29 is 14.7 Å². The van der Waals surface area contributed by atoms with Gasteiger partial charge in [-0.2, -0.15) is 0 Å². The highest BCUT2D eigenvalue weighted by molar-refractivity contribution is 7.71. The predicted octanol–water partition coefficient (Wildman–Crippen LogP) is 1.48. The molecule has 6 nitrogen and oxygen atoms in total. The number of methoxy groups -OCH3 is 1. The molecule has 0 unspecified atom stereocenters. The number of rotatable bonds is 6. The summed E-state index contributed by atoms with van der Waals surface area (Å²) in [5.74, 6) is -0.473. The first-order valence-electron chi connectivity index (χ1n) is 5.95. The summed E-state index contributed by atoms with van der Waals surface area (Å²) in [7, 11) is 2.66. The van der Waals surface area contributed by atoms with Crippen LogP contribution < -0.4 is 15.8 Å². The lowest BCUT2D eigenvalue weighted by molar-refractivity contribution is -0.142. The largest absolute Gasteiger partial charge is 0.467 e. The average molecular weight is 286 g/mol. The molecule has 0 radical (unpaired) electrons. The maximum atomic E-state index is 11.7. The first-order valence-corrected chi connectivity index (χ1v) is 6.36. The van der Waals surface area contributed by atoms with E-state index in [1.807, 2.05) is 13.8 Å². The van der Waals surface area contributed by atoms with Crippen LogP contribution in [0.25, 0.3) is 0 Å². The summed E-state index contributed by atoms with van der Waals surface area (Å²) in [6.07, 6.45) is 0.739. The summed E-state index contributed by atoms with van der Waals surface area (Å²) in [4.78, 5) is 23.4. The molecular formula is C12H18N2O4S. The van der Waals surface area contributed by atoms with Crippen molar-refractivity contribution in [2.45, 2.75) is 26.3 Å². The van der Waals surface area contributed by atoms with Crippen LogP contribution in [0.3, 0.4) is 0 Å². The van der Waals surface area contributed by atoms with Crippen molar-refractivity contribution in [1.29, 1.82) is 0 Å². The van der Waals surface area contributed by atoms with E-state index in [4.69, 9.17) is 17.0 Å². The summed E-state index contributed by atoms with van der Waals surface area (Å²) in [6, 6.07) is -0.646. The minimum Gasteiger partial charge on any atom is -0.467 e. The van der Waals surface area contributed by atoms with Gasteiger partial charge in [0.15, 0.2) is 0 Å². The molecule has 0 aromatic heterocycles. The Balaban J connectivity index is 3.05. The molecule has 1 aromatic rings. The number of esters is 1. The molecule has 0 amide bonds. The predicted molar refractivity (Wildman–Crippen MR) is 75.0 cm³/mol. The molecule has 0 aliphatic heterocycles. The summed E-state index contributed by atoms with van der Waals surface area (Å²) in [6.45, 7) is 3.81. The first-order chi connectivity index (χ1) is 8.84. The van der Waals surface area contributed by atoms with Gasteiger partial charge in [0, 0.05) is 7.05 Å². The van der Waals surface area contributed by atoms with Crippen molar-refractivity contribution in [3.63, 3.8) is 0 Å². The summed E-state index contributed by atoms with van der Waals surface area (Å²) >= 11 is 4.86. The van der Waals surface area contributed by atoms with Crippen LogP contribution in [0.15, 0.2) is 4.79 Å². The fraction of sp³-hybridized carbons (Fsp3) is 0.583. The van der Waals surface area contributed by atoms with Gasteiger partial charge in [0.2, 0.25) is 5.43 Å². The lowest BCUT2D eigenvalue weighted by Crippen LogP contribution is -2.40. The molecule has 0 fully saturated rings. The fourth-order valence-corrected chi connectivity index (χ4v) is 2.11. The second-order valence-corrected chi connectivity index (χ2v) is 4.84. The van der Waals surface area contributed by atoms with Crippen LogP contribution in [-0.2, 0) is 9.53 Å². The highest BCUT2D eigenvalue weighted by Gasteiger charge is 2.29. The van der Waals surface area contributed by atoms with E-state index in [0.717, 1.165) is 11.5 Å². The zero-order chi connectivity index (χ0) is 14.7. The van der Waals surface area contributed by atoms with Gasteiger partial charge in [0.05, 0.1) is 7.11 Å². The van der Waals surface area contributed by atoms with Crippen LogP contribution >= 0.6 is 12.2 Å². The van der Waals surface area contributed by atoms with Crippen LogP contribution in [0.5, 0.6) is 0 Å². The Morgan fingerprint density at radius 2 is 2.16 bits per heavy atom. The Morgan fingerprint density at radius 1 is 1.58 bits per heavy atom. The average Bonchev–Trinajstić information content (AvgIpc) is 2.40. The number of anilines is 2. The highest BCUT2D eigenvalue weighted by atomic mass is 32.1. The molecule has 1 rings (SSSR count). The van der Waals surface area contributed by atoms with Gasteiger partial charge in [-0.1, -0.05) is 32.5 Å². The van der Waals surface area contributed by atoms with Crippen LogP contribution in [-0.4, -0.2) is 31.4 Å². The van der Waals surface area contributed by atoms with Crippen LogP contribution in [0, 0.1) is 10.4 Å². The van der Waals surface area contributed by atoms with Gasteiger partial charge in [-0.3, -0.25) is 15.1 Å². The normalized spacial score (nSPS) is 13.9. The number of nitrogens with one attached hydrogen (secondary N) is 1. The highest BCUT2D eigenvalue weighted by Crippen LogP contribution is 2.27. The van der Waals surface area contributed by atoms with Gasteiger partial charge < -0.3 is 10.1 Å². The minimum atomic E-state index is -0.646. The quantitative estimate of drug-likeness (QED) is 0.466. The van der Waals surface area contributed by atoms with E-state index in [0.29, 0.717) is 0 Å². The lowest BCUT2D eigenvalue weighted by atomic mass is 9.98. The van der Waals surface area contributed by atoms with E-state index in [2.05, 4.69) is 5.32 Å². The second-order valence-electron chi connectivity index (χ2n) is 4.44. The third-order valence-corrected chi connectivity index (χ3v) is 3.56. The molecule has 0 bridgehead atoms. The Bertz CT molecular complexity index is 534. The summed E-state index contributed by atoms with van der Waals surface area (Å²) in [5, 5.41) is 13.0. The van der Waals surface area contributed by atoms with Gasteiger partial charge in [0.25, 0.3) is 0 Å². The van der Waals surface area contributed by atoms with E-state index < -0.39 is 12.0 Å². The second kappa shape index (κ2) is 6.12. The topological polar surface area (TPSA) is 78.9 Å². The molecule has 0 aliphatic carbocycles. The van der Waals surface area contributed by atoms with E-state index >= 15 is 0 Å². The zero-order valence-corrected chi connectivity index (χ0v) is 12.2. The van der Waals surface area contributed by atoms with E-state index in [1.54, 1.807) is 0 Å². The number of ether oxygens (including phenoxy) is 1. The zero-order valence-electron chi connectivity index (χ0n) is 11.4. The molecule has 106 valence electrons. The Labute approximate surface area is 116 Å². The van der Waals surface area contributed by atoms with Crippen molar-refractivity contribution in [3.05, 3.63) is 14.7 Å². The summed E-state index contributed by atoms with van der Waals surface area (Å²) in [5.41, 5.74) is 0.0195. The molecule has 0 saturated heterocycles. The smallest absolute Gasteiger partial charge is 0.328 e. The third kappa shape index (κ3) is 2.93. The number of hydroxylamine groups is 1. The lowest BCUT2D eigenvalue weighted by Gasteiger charge is -2.26. The van der Waals surface area contributed by atoms with E-state index in [1.165, 1.54) is 14.2 Å². The molecule has 7 heteroatoms. The molecule has 19 heavy (non-hydrogen) atoms. The van der Waals surface area contributed by atoms with Crippen LogP contribution in [0.1, 0.15) is 20.3 Å². The van der Waals surface area contributed by atoms with Crippen molar-refractivity contribution in [2.24, 2.45) is 5.92 Å². The molecule has 1 aromatic carbocycles. The first kappa shape index (κ1) is 15.6. The van der Waals surface area contributed by atoms with Gasteiger partial charge in [-0.25, -0.2) is 4.79 Å². The van der Waals surface area contributed by atoms with E-state index in [-0.39, 0.29) is 27.2 Å². The van der Waals surface area contributed by atoms with Crippen molar-refractivity contribution in [1.82, 2.24) is 0 Å². The standard InChI is InChI=1S/C12H18N2O4S/c1-5-6(2)7(12(16)18-4)13-8-9(14(3)17)11(19)10(8)15/h6-7,13,17H,5H2,1-4H3/t6-,7-/m0/s1.